The van der Waals surface area contributed by atoms with Gasteiger partial charge in [0.05, 0.1) is 15.7 Å². The van der Waals surface area contributed by atoms with Crippen molar-refractivity contribution in [1.29, 1.82) is 0 Å². The molecule has 4 rings (SSSR count). The highest BCUT2D eigenvalue weighted by molar-refractivity contribution is 6.37. The van der Waals surface area contributed by atoms with E-state index in [0.717, 1.165) is 17.8 Å². The largest absolute Gasteiger partial charge is 0.434 e. The molecule has 1 aromatic carbocycles. The first-order valence-electron chi connectivity index (χ1n) is 9.05. The number of nitrogens with two attached hydrogens (primary N) is 1. The van der Waals surface area contributed by atoms with E-state index >= 15 is 0 Å². The second-order valence-electron chi connectivity index (χ2n) is 7.84. The van der Waals surface area contributed by atoms with Gasteiger partial charge in [0.1, 0.15) is 5.69 Å². The molecule has 0 bridgehead atoms. The highest BCUT2D eigenvalue weighted by atomic mass is 35.5. The van der Waals surface area contributed by atoms with Crippen molar-refractivity contribution in [2.24, 2.45) is 5.41 Å². The first-order chi connectivity index (χ1) is 14.5. The van der Waals surface area contributed by atoms with Gasteiger partial charge in [-0.2, -0.15) is 4.68 Å². The number of anilines is 2. The summed E-state index contributed by atoms with van der Waals surface area (Å²) < 4.78 is 6.56. The van der Waals surface area contributed by atoms with Gasteiger partial charge in [-0.15, -0.1) is 10.2 Å². The highest BCUT2D eigenvalue weighted by Crippen LogP contribution is 2.38. The summed E-state index contributed by atoms with van der Waals surface area (Å²) in [4.78, 5) is 39.5. The van der Waals surface area contributed by atoms with Crippen LogP contribution in [-0.4, -0.2) is 38.1 Å². The number of nitrogens with zero attached hydrogens (tertiary/aromatic N) is 4. The average molecular weight is 466 g/mol. The van der Waals surface area contributed by atoms with Crippen LogP contribution in [0.2, 0.25) is 10.0 Å². The maximum absolute atomic E-state index is 12.1. The van der Waals surface area contributed by atoms with Crippen LogP contribution >= 0.6 is 23.2 Å². The van der Waals surface area contributed by atoms with Crippen molar-refractivity contribution in [1.82, 2.24) is 25.0 Å². The molecule has 162 valence electrons. The second kappa shape index (κ2) is 7.43. The van der Waals surface area contributed by atoms with E-state index in [9.17, 15) is 14.4 Å². The summed E-state index contributed by atoms with van der Waals surface area (Å²) in [6.07, 6.45) is 0. The van der Waals surface area contributed by atoms with Crippen molar-refractivity contribution in [2.45, 2.75) is 13.8 Å². The standard InChI is InChI=1S/C18H17Cl2N7O4/c1-18(2)6-26(7-18)11-5-12(23-24-15(11)28)31-13-9(19)3-8(4-10(13)20)27-17(30)22-16(29)14(21)25-27/h3-5H,6-7H2,1-2H3,(H2,21,25)(H,24,28)(H,22,29,30). The molecule has 1 aliphatic heterocycles. The molecule has 0 amide bonds. The van der Waals surface area contributed by atoms with Crippen LogP contribution in [0.3, 0.4) is 0 Å². The van der Waals surface area contributed by atoms with Crippen molar-refractivity contribution in [3.8, 4) is 17.3 Å². The summed E-state index contributed by atoms with van der Waals surface area (Å²) in [5.41, 5.74) is 4.22. The van der Waals surface area contributed by atoms with E-state index in [-0.39, 0.29) is 38.3 Å². The van der Waals surface area contributed by atoms with Gasteiger partial charge in [0.25, 0.3) is 11.1 Å². The Morgan fingerprint density at radius 3 is 2.35 bits per heavy atom. The number of nitrogens with one attached hydrogen (secondary N) is 2. The number of rotatable bonds is 4. The molecule has 4 N–H and O–H groups in total. The van der Waals surface area contributed by atoms with Gasteiger partial charge in [0, 0.05) is 19.2 Å². The Hall–Kier alpha value is -3.31. The first-order valence-corrected chi connectivity index (χ1v) is 9.81. The lowest BCUT2D eigenvalue weighted by molar-refractivity contribution is 0.275. The minimum absolute atomic E-state index is 0.0422. The highest BCUT2D eigenvalue weighted by Gasteiger charge is 2.35. The summed E-state index contributed by atoms with van der Waals surface area (Å²) in [5.74, 6) is -0.252. The third kappa shape index (κ3) is 4.01. The number of aromatic nitrogens is 5. The van der Waals surface area contributed by atoms with E-state index in [0.29, 0.717) is 5.69 Å². The Morgan fingerprint density at radius 2 is 1.74 bits per heavy atom. The lowest BCUT2D eigenvalue weighted by Gasteiger charge is -2.46. The van der Waals surface area contributed by atoms with E-state index in [4.69, 9.17) is 33.7 Å². The van der Waals surface area contributed by atoms with Crippen LogP contribution in [0, 0.1) is 5.41 Å². The number of halogens is 2. The predicted molar refractivity (Wildman–Crippen MR) is 116 cm³/mol. The molecule has 0 saturated carbocycles. The number of ether oxygens (including phenoxy) is 1. The summed E-state index contributed by atoms with van der Waals surface area (Å²) in [6.45, 7) is 5.65. The predicted octanol–water partition coefficient (Wildman–Crippen LogP) is 1.53. The Labute approximate surface area is 184 Å². The number of hydrogen-bond donors (Lipinski definition) is 3. The van der Waals surface area contributed by atoms with Crippen LogP contribution in [0.1, 0.15) is 13.8 Å². The molecule has 1 saturated heterocycles. The minimum atomic E-state index is -0.815. The first kappa shape index (κ1) is 20.9. The molecule has 3 aromatic rings. The summed E-state index contributed by atoms with van der Waals surface area (Å²) in [5, 5.41) is 10.1. The Morgan fingerprint density at radius 1 is 1.10 bits per heavy atom. The van der Waals surface area contributed by atoms with Crippen molar-refractivity contribution in [3.05, 3.63) is 59.4 Å². The number of nitrogen functional groups attached to an aromatic ring is 1. The minimum Gasteiger partial charge on any atom is -0.434 e. The normalized spacial score (nSPS) is 14.9. The molecular weight excluding hydrogens is 449 g/mol. The Kier molecular flexibility index (Phi) is 5.02. The second-order valence-corrected chi connectivity index (χ2v) is 8.65. The zero-order chi connectivity index (χ0) is 22.5. The fourth-order valence-electron chi connectivity index (χ4n) is 3.28. The van der Waals surface area contributed by atoms with Crippen LogP contribution in [0.15, 0.2) is 32.6 Å². The van der Waals surface area contributed by atoms with Gasteiger partial charge in [-0.05, 0) is 17.5 Å². The molecule has 31 heavy (non-hydrogen) atoms. The SMILES string of the molecule is CC1(C)CN(c2cc(Oc3c(Cl)cc(-n4nc(N)c(=O)[nH]c4=O)cc3Cl)n[nH]c2=O)C1. The average Bonchev–Trinajstić information content (AvgIpc) is 2.66. The number of hydrogen-bond acceptors (Lipinski definition) is 8. The van der Waals surface area contributed by atoms with Crippen molar-refractivity contribution in [2.75, 3.05) is 23.7 Å². The molecule has 0 atom stereocenters. The van der Waals surface area contributed by atoms with Crippen molar-refractivity contribution < 1.29 is 4.74 Å². The van der Waals surface area contributed by atoms with Crippen LogP contribution in [-0.2, 0) is 0 Å². The van der Waals surface area contributed by atoms with Gasteiger partial charge in [-0.3, -0.25) is 14.6 Å². The van der Waals surface area contributed by atoms with E-state index in [1.165, 1.54) is 18.2 Å². The number of benzene rings is 1. The summed E-state index contributed by atoms with van der Waals surface area (Å²) in [7, 11) is 0. The maximum Gasteiger partial charge on any atom is 0.349 e. The molecule has 0 unspecified atom stereocenters. The van der Waals surface area contributed by atoms with Crippen LogP contribution in [0.4, 0.5) is 11.5 Å². The topological polar surface area (TPSA) is 152 Å². The fraction of sp³-hybridized carbons (Fsp3) is 0.278. The van der Waals surface area contributed by atoms with Gasteiger partial charge in [-0.25, -0.2) is 9.89 Å². The Balaban J connectivity index is 1.66. The molecule has 13 heteroatoms. The molecule has 0 spiro atoms. The molecular formula is C18H17Cl2N7O4. The quantitative estimate of drug-likeness (QED) is 0.524. The third-order valence-electron chi connectivity index (χ3n) is 4.63. The zero-order valence-electron chi connectivity index (χ0n) is 16.4. The van der Waals surface area contributed by atoms with Gasteiger partial charge in [-0.1, -0.05) is 37.0 Å². The molecule has 0 aliphatic carbocycles. The van der Waals surface area contributed by atoms with E-state index in [2.05, 4.69) is 29.1 Å². The molecule has 0 radical (unpaired) electrons. The monoisotopic (exact) mass is 465 g/mol. The lowest BCUT2D eigenvalue weighted by Crippen LogP contribution is -2.54. The van der Waals surface area contributed by atoms with Crippen LogP contribution < -0.4 is 32.2 Å². The summed E-state index contributed by atoms with van der Waals surface area (Å²) >= 11 is 12.6. The van der Waals surface area contributed by atoms with Gasteiger partial charge in [0.15, 0.2) is 5.75 Å². The molecule has 2 aromatic heterocycles. The fourth-order valence-corrected chi connectivity index (χ4v) is 3.83. The van der Waals surface area contributed by atoms with E-state index in [1.807, 2.05) is 9.88 Å². The molecule has 1 aliphatic rings. The van der Waals surface area contributed by atoms with Crippen molar-refractivity contribution in [3.63, 3.8) is 0 Å². The molecule has 11 nitrogen and oxygen atoms in total. The number of H-pyrrole nitrogens is 2. The lowest BCUT2D eigenvalue weighted by atomic mass is 9.84. The smallest absolute Gasteiger partial charge is 0.349 e. The zero-order valence-corrected chi connectivity index (χ0v) is 17.9. The van der Waals surface area contributed by atoms with Crippen LogP contribution in [0.5, 0.6) is 11.6 Å². The maximum atomic E-state index is 12.1. The van der Waals surface area contributed by atoms with Gasteiger partial charge < -0.3 is 15.4 Å². The van der Waals surface area contributed by atoms with Gasteiger partial charge in [0.2, 0.25) is 11.7 Å². The molecule has 3 heterocycles. The summed E-state index contributed by atoms with van der Waals surface area (Å²) in [6, 6.07) is 4.22. The number of aromatic amines is 2. The van der Waals surface area contributed by atoms with Crippen molar-refractivity contribution >= 4 is 34.7 Å². The van der Waals surface area contributed by atoms with E-state index < -0.39 is 17.1 Å². The Bertz CT molecular complexity index is 1330. The van der Waals surface area contributed by atoms with E-state index in [1.54, 1.807) is 0 Å². The van der Waals surface area contributed by atoms with Crippen LogP contribution in [0.25, 0.3) is 5.69 Å². The molecule has 1 fully saturated rings. The third-order valence-corrected chi connectivity index (χ3v) is 5.19. The van der Waals surface area contributed by atoms with Gasteiger partial charge >= 0.3 is 5.69 Å².